The predicted octanol–water partition coefficient (Wildman–Crippen LogP) is 4.70. The first-order chi connectivity index (χ1) is 14.5. The number of ether oxygens (including phenoxy) is 1. The molecule has 0 aliphatic rings. The summed E-state index contributed by atoms with van der Waals surface area (Å²) in [6.45, 7) is 1.69. The molecule has 30 heavy (non-hydrogen) atoms. The van der Waals surface area contributed by atoms with Crippen molar-refractivity contribution in [2.75, 3.05) is 0 Å². The second-order valence-corrected chi connectivity index (χ2v) is 8.24. The van der Waals surface area contributed by atoms with Crippen LogP contribution in [0, 0.1) is 6.92 Å². The molecule has 1 N–H and O–H groups in total. The maximum Gasteiger partial charge on any atom is 0.355 e. The fraction of sp³-hybridized carbons (Fsp3) is 0.0500. The minimum Gasteiger partial charge on any atom is -0.422 e. The van der Waals surface area contributed by atoms with Crippen LogP contribution in [-0.4, -0.2) is 27.7 Å². The van der Waals surface area contributed by atoms with E-state index in [1.807, 2.05) is 24.3 Å². The van der Waals surface area contributed by atoms with Gasteiger partial charge in [0.2, 0.25) is 0 Å². The maximum absolute atomic E-state index is 12.7. The first-order valence-corrected chi connectivity index (χ1v) is 10.6. The normalized spacial score (nSPS) is 11.1. The Hall–Kier alpha value is -3.14. The number of nitrogens with zero attached hydrogens (tertiary/aromatic N) is 3. The maximum atomic E-state index is 12.7. The van der Waals surface area contributed by atoms with Gasteiger partial charge in [0.05, 0.1) is 16.9 Å². The van der Waals surface area contributed by atoms with Gasteiger partial charge in [-0.3, -0.25) is 4.79 Å². The molecule has 0 bridgehead atoms. The van der Waals surface area contributed by atoms with Gasteiger partial charge in [-0.25, -0.2) is 10.2 Å². The average Bonchev–Trinajstić information content (AvgIpc) is 3.33. The van der Waals surface area contributed by atoms with Gasteiger partial charge in [-0.15, -0.1) is 16.4 Å². The number of hydrogen-bond donors (Lipinski definition) is 1. The number of fused-ring (bicyclic) bond motifs is 1. The Morgan fingerprint density at radius 1 is 1.13 bits per heavy atom. The zero-order chi connectivity index (χ0) is 21.1. The van der Waals surface area contributed by atoms with Crippen molar-refractivity contribution in [1.82, 2.24) is 15.0 Å². The Kier molecular flexibility index (Phi) is 5.84. The van der Waals surface area contributed by atoms with E-state index in [1.165, 1.54) is 17.6 Å². The number of benzene rings is 2. The molecule has 1 amide bonds. The summed E-state index contributed by atoms with van der Waals surface area (Å²) >= 11 is 8.62. The van der Waals surface area contributed by atoms with Crippen molar-refractivity contribution in [3.63, 3.8) is 0 Å². The van der Waals surface area contributed by atoms with Crippen molar-refractivity contribution >= 4 is 62.6 Å². The van der Waals surface area contributed by atoms with Gasteiger partial charge in [-0.2, -0.15) is 5.10 Å². The number of nitrogens with one attached hydrogen (secondary N) is 1. The number of aryl methyl sites for hydroxylation is 1. The lowest BCUT2D eigenvalue weighted by Crippen LogP contribution is -2.17. The van der Waals surface area contributed by atoms with E-state index in [4.69, 9.17) is 16.3 Å². The van der Waals surface area contributed by atoms with Crippen LogP contribution in [0.2, 0.25) is 5.02 Å². The molecule has 0 fully saturated rings. The zero-order valence-corrected chi connectivity index (χ0v) is 17.8. The number of rotatable bonds is 5. The Labute approximate surface area is 184 Å². The van der Waals surface area contributed by atoms with Crippen molar-refractivity contribution in [1.29, 1.82) is 0 Å². The number of para-hydroxylation sites is 1. The van der Waals surface area contributed by atoms with Crippen molar-refractivity contribution in [2.24, 2.45) is 5.10 Å². The van der Waals surface area contributed by atoms with E-state index < -0.39 is 11.9 Å². The van der Waals surface area contributed by atoms with E-state index in [0.717, 1.165) is 21.6 Å². The predicted molar refractivity (Wildman–Crippen MR) is 118 cm³/mol. The first kappa shape index (κ1) is 20.1. The smallest absolute Gasteiger partial charge is 0.355 e. The minimum atomic E-state index is -0.558. The first-order valence-electron chi connectivity index (χ1n) is 8.65. The van der Waals surface area contributed by atoms with Crippen LogP contribution in [0.25, 0.3) is 10.1 Å². The van der Waals surface area contributed by atoms with Crippen LogP contribution in [0.1, 0.15) is 30.6 Å². The molecule has 10 heteroatoms. The van der Waals surface area contributed by atoms with Gasteiger partial charge in [0, 0.05) is 15.6 Å². The molecule has 4 aromatic rings. The molecule has 0 aliphatic heterocycles. The van der Waals surface area contributed by atoms with E-state index in [9.17, 15) is 9.59 Å². The molecule has 150 valence electrons. The topological polar surface area (TPSA) is 93.5 Å². The Morgan fingerprint density at radius 3 is 2.67 bits per heavy atom. The molecule has 2 aromatic carbocycles. The van der Waals surface area contributed by atoms with Gasteiger partial charge in [0.1, 0.15) is 15.5 Å². The number of carbonyl (C=O) groups is 2. The van der Waals surface area contributed by atoms with Crippen molar-refractivity contribution in [3.8, 4) is 5.75 Å². The molecule has 0 radical (unpaired) electrons. The van der Waals surface area contributed by atoms with Crippen LogP contribution in [0.5, 0.6) is 5.75 Å². The van der Waals surface area contributed by atoms with Gasteiger partial charge >= 0.3 is 5.97 Å². The summed E-state index contributed by atoms with van der Waals surface area (Å²) in [5.74, 6) is -0.674. The Morgan fingerprint density at radius 2 is 1.90 bits per heavy atom. The second-order valence-electron chi connectivity index (χ2n) is 6.06. The number of halogens is 1. The van der Waals surface area contributed by atoms with E-state index >= 15 is 0 Å². The summed E-state index contributed by atoms with van der Waals surface area (Å²) in [4.78, 5) is 25.5. The largest absolute Gasteiger partial charge is 0.422 e. The minimum absolute atomic E-state index is 0.296. The summed E-state index contributed by atoms with van der Waals surface area (Å²) in [7, 11) is 0. The van der Waals surface area contributed by atoms with E-state index in [1.54, 1.807) is 31.2 Å². The highest BCUT2D eigenvalue weighted by Gasteiger charge is 2.20. The van der Waals surface area contributed by atoms with Crippen LogP contribution in [0.4, 0.5) is 0 Å². The van der Waals surface area contributed by atoms with Crippen molar-refractivity contribution < 1.29 is 14.3 Å². The van der Waals surface area contributed by atoms with E-state index in [2.05, 4.69) is 20.1 Å². The summed E-state index contributed by atoms with van der Waals surface area (Å²) < 4.78 is 10.2. The number of amides is 1. The fourth-order valence-corrected chi connectivity index (χ4v) is 4.55. The second kappa shape index (κ2) is 8.70. The standard InChI is InChI=1S/C20H13ClN4O3S2/c1-11-17(30-25-23-11)19(26)24-22-10-12-6-2-4-8-14(12)28-20(27)18-16(21)13-7-3-5-9-15(13)29-18/h2-10H,1H3,(H,24,26)/b22-10-. The van der Waals surface area contributed by atoms with Gasteiger partial charge in [-0.05, 0) is 36.7 Å². The lowest BCUT2D eigenvalue weighted by molar-refractivity contribution is 0.0739. The Bertz CT molecular complexity index is 1280. The molecule has 0 aliphatic carbocycles. The number of hydrazone groups is 1. The number of carbonyl (C=O) groups excluding carboxylic acids is 2. The average molecular weight is 457 g/mol. The lowest BCUT2D eigenvalue weighted by atomic mass is 10.2. The molecule has 7 nitrogen and oxygen atoms in total. The number of thiophene rings is 1. The van der Waals surface area contributed by atoms with Gasteiger partial charge < -0.3 is 4.74 Å². The van der Waals surface area contributed by atoms with E-state index in [0.29, 0.717) is 31.8 Å². The van der Waals surface area contributed by atoms with Gasteiger partial charge in [0.15, 0.2) is 0 Å². The highest BCUT2D eigenvalue weighted by molar-refractivity contribution is 7.21. The van der Waals surface area contributed by atoms with Crippen LogP contribution in [-0.2, 0) is 0 Å². The third kappa shape index (κ3) is 4.09. The molecular weight excluding hydrogens is 444 g/mol. The Balaban J connectivity index is 1.51. The number of esters is 1. The van der Waals surface area contributed by atoms with Crippen LogP contribution >= 0.6 is 34.5 Å². The highest BCUT2D eigenvalue weighted by Crippen LogP contribution is 2.35. The molecule has 0 saturated heterocycles. The molecular formula is C20H13ClN4O3S2. The molecule has 4 rings (SSSR count). The zero-order valence-electron chi connectivity index (χ0n) is 15.5. The quantitative estimate of drug-likeness (QED) is 0.203. The molecule has 0 spiro atoms. The SMILES string of the molecule is Cc1nnsc1C(=O)N/N=C\c1ccccc1OC(=O)c1sc2ccccc2c1Cl. The molecule has 2 heterocycles. The number of aromatic nitrogens is 2. The molecule has 2 aromatic heterocycles. The third-order valence-corrected chi connectivity index (χ3v) is 6.55. The van der Waals surface area contributed by atoms with Gasteiger partial charge in [-0.1, -0.05) is 46.4 Å². The molecule has 0 saturated carbocycles. The van der Waals surface area contributed by atoms with Gasteiger partial charge in [0.25, 0.3) is 5.91 Å². The summed E-state index contributed by atoms with van der Waals surface area (Å²) in [5, 5.41) is 8.91. The molecule has 0 atom stereocenters. The third-order valence-electron chi connectivity index (χ3n) is 4.07. The monoisotopic (exact) mass is 456 g/mol. The van der Waals surface area contributed by atoms with E-state index in [-0.39, 0.29) is 0 Å². The fourth-order valence-electron chi connectivity index (χ4n) is 2.62. The van der Waals surface area contributed by atoms with Crippen LogP contribution in [0.3, 0.4) is 0 Å². The summed E-state index contributed by atoms with van der Waals surface area (Å²) in [5.41, 5.74) is 3.46. The number of hydrogen-bond acceptors (Lipinski definition) is 8. The van der Waals surface area contributed by atoms with Crippen LogP contribution in [0.15, 0.2) is 53.6 Å². The summed E-state index contributed by atoms with van der Waals surface area (Å²) in [6, 6.07) is 14.3. The van der Waals surface area contributed by atoms with Crippen molar-refractivity contribution in [2.45, 2.75) is 6.92 Å². The molecule has 0 unspecified atom stereocenters. The van der Waals surface area contributed by atoms with Crippen molar-refractivity contribution in [3.05, 3.63) is 74.6 Å². The lowest BCUT2D eigenvalue weighted by Gasteiger charge is -2.06. The summed E-state index contributed by atoms with van der Waals surface area (Å²) in [6.07, 6.45) is 1.40. The highest BCUT2D eigenvalue weighted by atomic mass is 35.5. The van der Waals surface area contributed by atoms with Crippen LogP contribution < -0.4 is 10.2 Å².